The number of carbonyl (C=O) groups is 3. The molecule has 0 aliphatic carbocycles. The lowest BCUT2D eigenvalue weighted by atomic mass is 10.1. The number of aliphatic hydroxyl groups excluding tert-OH is 2. The number of carbonyl (C=O) groups excluding carboxylic acids is 2. The molecule has 2 aromatic carbocycles. The lowest BCUT2D eigenvalue weighted by Crippen LogP contribution is -2.40. The molecular weight excluding hydrogens is 456 g/mol. The molecule has 11 nitrogen and oxygen atoms in total. The number of pyridine rings is 1. The van der Waals surface area contributed by atoms with E-state index in [0.717, 1.165) is 10.9 Å². The summed E-state index contributed by atoms with van der Waals surface area (Å²) in [6.45, 7) is -1.33. The molecule has 0 bridgehead atoms. The zero-order valence-corrected chi connectivity index (χ0v) is 18.3. The van der Waals surface area contributed by atoms with Crippen molar-refractivity contribution in [3.05, 3.63) is 70.5 Å². The van der Waals surface area contributed by atoms with Crippen LogP contribution in [0.2, 0.25) is 0 Å². The average molecular weight is 478 g/mol. The number of rotatable bonds is 7. The first kappa shape index (κ1) is 23.7. The number of para-hydroxylation sites is 1. The van der Waals surface area contributed by atoms with Crippen molar-refractivity contribution in [2.75, 3.05) is 13.3 Å². The van der Waals surface area contributed by atoms with E-state index in [1.165, 1.54) is 0 Å². The van der Waals surface area contributed by atoms with Crippen molar-refractivity contribution in [3.63, 3.8) is 0 Å². The van der Waals surface area contributed by atoms with E-state index in [1.54, 1.807) is 30.3 Å². The Kier molecular flexibility index (Phi) is 6.62. The number of H-pyrrole nitrogens is 2. The van der Waals surface area contributed by atoms with E-state index in [2.05, 4.69) is 15.3 Å². The van der Waals surface area contributed by atoms with Gasteiger partial charge in [-0.15, -0.1) is 0 Å². The number of hydrogen-bond acceptors (Lipinski definition) is 6. The topological polar surface area (TPSA) is 176 Å². The fourth-order valence-corrected chi connectivity index (χ4v) is 3.71. The second kappa shape index (κ2) is 9.79. The van der Waals surface area contributed by atoms with Crippen LogP contribution in [0.4, 0.5) is 4.79 Å². The summed E-state index contributed by atoms with van der Waals surface area (Å²) in [7, 11) is 0. The molecule has 0 aliphatic heterocycles. The fourth-order valence-electron chi connectivity index (χ4n) is 3.71. The molecular formula is C24H22N4O7. The van der Waals surface area contributed by atoms with Crippen LogP contribution in [0.3, 0.4) is 0 Å². The van der Waals surface area contributed by atoms with Gasteiger partial charge in [-0.3, -0.25) is 14.4 Å². The van der Waals surface area contributed by atoms with Gasteiger partial charge in [0.2, 0.25) is 5.91 Å². The summed E-state index contributed by atoms with van der Waals surface area (Å²) in [4.78, 5) is 53.9. The smallest absolute Gasteiger partial charge is 0.415 e. The number of imide groups is 1. The first-order chi connectivity index (χ1) is 16.8. The highest BCUT2D eigenvalue weighted by Crippen LogP contribution is 2.24. The van der Waals surface area contributed by atoms with Gasteiger partial charge in [0.1, 0.15) is 6.73 Å². The van der Waals surface area contributed by atoms with E-state index >= 15 is 0 Å². The first-order valence-electron chi connectivity index (χ1n) is 10.6. The van der Waals surface area contributed by atoms with Gasteiger partial charge in [-0.2, -0.15) is 0 Å². The predicted octanol–water partition coefficient (Wildman–Crippen LogP) is 1.61. The minimum atomic E-state index is -1.64. The summed E-state index contributed by atoms with van der Waals surface area (Å²) in [5.41, 5.74) is 2.53. The molecule has 2 heterocycles. The second-order valence-corrected chi connectivity index (χ2v) is 7.90. The minimum absolute atomic E-state index is 0.156. The third-order valence-electron chi connectivity index (χ3n) is 5.51. The second-order valence-electron chi connectivity index (χ2n) is 7.90. The summed E-state index contributed by atoms with van der Waals surface area (Å²) in [5, 5.41) is 31.8. The van der Waals surface area contributed by atoms with Crippen LogP contribution in [0, 0.1) is 0 Å². The highest BCUT2D eigenvalue weighted by Gasteiger charge is 2.22. The maximum absolute atomic E-state index is 12.6. The molecule has 4 aromatic rings. The van der Waals surface area contributed by atoms with Crippen LogP contribution in [0.5, 0.6) is 0 Å². The van der Waals surface area contributed by atoms with E-state index in [1.807, 2.05) is 24.3 Å². The Bertz CT molecular complexity index is 1490. The Morgan fingerprint density at radius 2 is 1.71 bits per heavy atom. The van der Waals surface area contributed by atoms with Gasteiger partial charge >= 0.3 is 6.09 Å². The van der Waals surface area contributed by atoms with Gasteiger partial charge in [-0.1, -0.05) is 18.2 Å². The van der Waals surface area contributed by atoms with Crippen molar-refractivity contribution in [3.8, 4) is 11.3 Å². The van der Waals surface area contributed by atoms with Crippen molar-refractivity contribution in [1.29, 1.82) is 0 Å². The third kappa shape index (κ3) is 5.05. The molecule has 2 aromatic heterocycles. The average Bonchev–Trinajstić information content (AvgIpc) is 3.25. The first-order valence-corrected chi connectivity index (χ1v) is 10.6. The van der Waals surface area contributed by atoms with Crippen LogP contribution < -0.4 is 10.9 Å². The van der Waals surface area contributed by atoms with Gasteiger partial charge < -0.3 is 30.6 Å². The highest BCUT2D eigenvalue weighted by atomic mass is 16.4. The van der Waals surface area contributed by atoms with Crippen LogP contribution in [0.15, 0.2) is 59.4 Å². The summed E-state index contributed by atoms with van der Waals surface area (Å²) in [6, 6.07) is 15.9. The van der Waals surface area contributed by atoms with Crippen LogP contribution in [0.1, 0.15) is 16.8 Å². The molecule has 0 fully saturated rings. The molecule has 3 amide bonds. The standard InChI is InChI=1S/C24H22N4O7/c29-12-28(24(34)35)21(31)10-16(30)11-25-22(32)14-5-6-19-15(7-14)9-20(26-19)17-8-13-3-1-2-4-18(13)27-23(17)33/h1-9,16,26,29-30H,10-12H2,(H,25,32)(H,27,33)(H,34,35). The maximum Gasteiger partial charge on any atom is 0.415 e. The Morgan fingerprint density at radius 1 is 0.971 bits per heavy atom. The molecule has 0 saturated carbocycles. The van der Waals surface area contributed by atoms with Crippen LogP contribution in [0.25, 0.3) is 33.1 Å². The molecule has 0 radical (unpaired) electrons. The number of amides is 3. The van der Waals surface area contributed by atoms with Crippen LogP contribution in [-0.2, 0) is 4.79 Å². The normalized spacial score (nSPS) is 11.9. The zero-order chi connectivity index (χ0) is 25.1. The number of aliphatic hydroxyl groups is 2. The number of hydrogen-bond donors (Lipinski definition) is 6. The van der Waals surface area contributed by atoms with E-state index in [4.69, 9.17) is 10.2 Å². The monoisotopic (exact) mass is 478 g/mol. The van der Waals surface area contributed by atoms with Crippen molar-refractivity contribution in [2.45, 2.75) is 12.5 Å². The number of benzene rings is 2. The summed E-state index contributed by atoms with van der Waals surface area (Å²) < 4.78 is 0. The molecule has 1 unspecified atom stereocenters. The SMILES string of the molecule is O=C(NCC(O)CC(=O)N(CO)C(=O)O)c1ccc2[nH]c(-c3cc4ccccc4[nH]c3=O)cc2c1. The van der Waals surface area contributed by atoms with Gasteiger partial charge in [0.25, 0.3) is 11.5 Å². The highest BCUT2D eigenvalue weighted by molar-refractivity contribution is 5.99. The Morgan fingerprint density at radius 3 is 2.46 bits per heavy atom. The Labute approximate surface area is 197 Å². The van der Waals surface area contributed by atoms with Crippen molar-refractivity contribution >= 4 is 39.7 Å². The van der Waals surface area contributed by atoms with Gasteiger partial charge in [0.05, 0.1) is 23.8 Å². The Balaban J connectivity index is 1.47. The molecule has 0 saturated heterocycles. The third-order valence-corrected chi connectivity index (χ3v) is 5.51. The van der Waals surface area contributed by atoms with E-state index in [0.29, 0.717) is 22.2 Å². The molecule has 4 rings (SSSR count). The molecule has 35 heavy (non-hydrogen) atoms. The van der Waals surface area contributed by atoms with E-state index < -0.39 is 37.2 Å². The van der Waals surface area contributed by atoms with Gasteiger partial charge in [0, 0.05) is 28.5 Å². The zero-order valence-electron chi connectivity index (χ0n) is 18.3. The molecule has 0 spiro atoms. The quantitative estimate of drug-likeness (QED) is 0.219. The summed E-state index contributed by atoms with van der Waals surface area (Å²) in [6.07, 6.45) is -3.58. The van der Waals surface area contributed by atoms with Gasteiger partial charge in [-0.25, -0.2) is 9.69 Å². The number of carboxylic acid groups (broad SMARTS) is 1. The lowest BCUT2D eigenvalue weighted by molar-refractivity contribution is -0.134. The van der Waals surface area contributed by atoms with Gasteiger partial charge in [-0.05, 0) is 41.8 Å². The molecule has 180 valence electrons. The van der Waals surface area contributed by atoms with Crippen LogP contribution >= 0.6 is 0 Å². The molecule has 6 N–H and O–H groups in total. The van der Waals surface area contributed by atoms with Crippen molar-refractivity contribution in [2.24, 2.45) is 0 Å². The predicted molar refractivity (Wildman–Crippen MR) is 127 cm³/mol. The van der Waals surface area contributed by atoms with E-state index in [9.17, 15) is 24.3 Å². The van der Waals surface area contributed by atoms with Crippen LogP contribution in [-0.4, -0.2) is 67.5 Å². The number of nitrogens with one attached hydrogen (secondary N) is 3. The summed E-state index contributed by atoms with van der Waals surface area (Å²) in [5.74, 6) is -1.51. The van der Waals surface area contributed by atoms with E-state index in [-0.39, 0.29) is 22.6 Å². The molecule has 11 heteroatoms. The molecule has 0 aliphatic rings. The number of aromatic nitrogens is 2. The number of nitrogens with zero attached hydrogens (tertiary/aromatic N) is 1. The maximum atomic E-state index is 12.6. The number of fused-ring (bicyclic) bond motifs is 2. The minimum Gasteiger partial charge on any atom is -0.465 e. The van der Waals surface area contributed by atoms with Crippen molar-refractivity contribution in [1.82, 2.24) is 20.2 Å². The summed E-state index contributed by atoms with van der Waals surface area (Å²) >= 11 is 0. The van der Waals surface area contributed by atoms with Crippen molar-refractivity contribution < 1.29 is 29.7 Å². The van der Waals surface area contributed by atoms with Gasteiger partial charge in [0.15, 0.2) is 0 Å². The largest absolute Gasteiger partial charge is 0.465 e. The fraction of sp³-hybridized carbons (Fsp3) is 0.167. The number of aromatic amines is 2. The Hall–Kier alpha value is -4.48. The molecule has 1 atom stereocenters. The lowest BCUT2D eigenvalue weighted by Gasteiger charge is -2.17.